The smallest absolute Gasteiger partial charge is 0.0589 e. The third-order valence-electron chi connectivity index (χ3n) is 3.40. The molecule has 1 rings (SSSR count). The molecular formula is C12H25NO. The van der Waals surface area contributed by atoms with Crippen LogP contribution in [0, 0.1) is 5.92 Å². The van der Waals surface area contributed by atoms with Crippen molar-refractivity contribution in [3.05, 3.63) is 0 Å². The van der Waals surface area contributed by atoms with Crippen LogP contribution in [-0.4, -0.2) is 37.7 Å². The van der Waals surface area contributed by atoms with Gasteiger partial charge in [0.25, 0.3) is 0 Å². The molecule has 0 radical (unpaired) electrons. The van der Waals surface area contributed by atoms with Crippen molar-refractivity contribution >= 4 is 0 Å². The van der Waals surface area contributed by atoms with Gasteiger partial charge in [0, 0.05) is 19.7 Å². The lowest BCUT2D eigenvalue weighted by molar-refractivity contribution is 0.0626. The topological polar surface area (TPSA) is 12.5 Å². The van der Waals surface area contributed by atoms with E-state index in [0.29, 0.717) is 0 Å². The zero-order valence-electron chi connectivity index (χ0n) is 9.96. The van der Waals surface area contributed by atoms with E-state index in [9.17, 15) is 0 Å². The molecule has 2 heteroatoms. The Balaban J connectivity index is 2.42. The predicted octanol–water partition coefficient (Wildman–Crippen LogP) is 2.53. The first kappa shape index (κ1) is 12.0. The lowest BCUT2D eigenvalue weighted by atomic mass is 9.88. The van der Waals surface area contributed by atoms with Gasteiger partial charge in [0.05, 0.1) is 6.61 Å². The molecule has 0 bridgehead atoms. The first-order valence-electron chi connectivity index (χ1n) is 6.02. The molecule has 0 N–H and O–H groups in total. The Hall–Kier alpha value is -0.0800. The van der Waals surface area contributed by atoms with Crippen molar-refractivity contribution in [2.45, 2.75) is 45.6 Å². The van der Waals surface area contributed by atoms with Gasteiger partial charge in [-0.2, -0.15) is 0 Å². The summed E-state index contributed by atoms with van der Waals surface area (Å²) in [5.74, 6) is 0.876. The van der Waals surface area contributed by atoms with Crippen LogP contribution in [0.25, 0.3) is 0 Å². The molecule has 0 amide bonds. The Morgan fingerprint density at radius 3 is 2.86 bits per heavy atom. The first-order valence-corrected chi connectivity index (χ1v) is 6.02. The minimum Gasteiger partial charge on any atom is -0.383 e. The van der Waals surface area contributed by atoms with Crippen molar-refractivity contribution in [2.75, 3.05) is 26.8 Å². The molecule has 1 unspecified atom stereocenters. The summed E-state index contributed by atoms with van der Waals surface area (Å²) >= 11 is 0. The van der Waals surface area contributed by atoms with Gasteiger partial charge >= 0.3 is 0 Å². The van der Waals surface area contributed by atoms with Crippen LogP contribution in [0.4, 0.5) is 0 Å². The highest BCUT2D eigenvalue weighted by molar-refractivity contribution is 4.81. The maximum Gasteiger partial charge on any atom is 0.0589 e. The second-order valence-corrected chi connectivity index (χ2v) is 4.50. The second-order valence-electron chi connectivity index (χ2n) is 4.50. The van der Waals surface area contributed by atoms with Gasteiger partial charge in [0.1, 0.15) is 0 Å². The summed E-state index contributed by atoms with van der Waals surface area (Å²) in [6.45, 7) is 7.96. The van der Waals surface area contributed by atoms with Crippen molar-refractivity contribution < 1.29 is 4.74 Å². The Labute approximate surface area is 88.6 Å². The number of ether oxygens (including phenoxy) is 1. The molecule has 1 aliphatic heterocycles. The molecule has 1 heterocycles. The standard InChI is InChI=1S/C12H25NO/c1-4-6-12-11(2)7-5-8-13(12)9-10-14-3/h11-12H,4-10H2,1-3H3/t11-,12?/m0/s1. The molecule has 14 heavy (non-hydrogen) atoms. The Morgan fingerprint density at radius 1 is 1.43 bits per heavy atom. The SMILES string of the molecule is CCCC1[C@@H](C)CCCN1CCOC. The van der Waals surface area contributed by atoms with Crippen molar-refractivity contribution in [3.63, 3.8) is 0 Å². The molecule has 84 valence electrons. The van der Waals surface area contributed by atoms with Crippen molar-refractivity contribution in [3.8, 4) is 0 Å². The summed E-state index contributed by atoms with van der Waals surface area (Å²) in [6.07, 6.45) is 5.43. The average molecular weight is 199 g/mol. The minimum atomic E-state index is 0.809. The summed E-state index contributed by atoms with van der Waals surface area (Å²) in [5, 5.41) is 0. The van der Waals surface area contributed by atoms with Crippen LogP contribution >= 0.6 is 0 Å². The van der Waals surface area contributed by atoms with E-state index in [4.69, 9.17) is 4.74 Å². The molecule has 0 aromatic rings. The Morgan fingerprint density at radius 2 is 2.21 bits per heavy atom. The number of hydrogen-bond acceptors (Lipinski definition) is 2. The van der Waals surface area contributed by atoms with Crippen LogP contribution < -0.4 is 0 Å². The van der Waals surface area contributed by atoms with Gasteiger partial charge < -0.3 is 4.74 Å². The molecule has 0 aliphatic carbocycles. The summed E-state index contributed by atoms with van der Waals surface area (Å²) < 4.78 is 5.16. The Kier molecular flexibility index (Phi) is 5.49. The summed E-state index contributed by atoms with van der Waals surface area (Å²) in [5.41, 5.74) is 0. The van der Waals surface area contributed by atoms with E-state index in [2.05, 4.69) is 18.7 Å². The fourth-order valence-electron chi connectivity index (χ4n) is 2.58. The van der Waals surface area contributed by atoms with E-state index in [1.807, 2.05) is 0 Å². The third-order valence-corrected chi connectivity index (χ3v) is 3.40. The highest BCUT2D eigenvalue weighted by Gasteiger charge is 2.26. The zero-order chi connectivity index (χ0) is 10.4. The number of rotatable bonds is 5. The quantitative estimate of drug-likeness (QED) is 0.674. The Bertz CT molecular complexity index is 149. The number of nitrogens with zero attached hydrogens (tertiary/aromatic N) is 1. The monoisotopic (exact) mass is 199 g/mol. The summed E-state index contributed by atoms with van der Waals surface area (Å²) in [7, 11) is 1.79. The summed E-state index contributed by atoms with van der Waals surface area (Å²) in [4.78, 5) is 2.63. The molecule has 0 saturated carbocycles. The van der Waals surface area contributed by atoms with Gasteiger partial charge in [-0.3, -0.25) is 4.90 Å². The number of methoxy groups -OCH3 is 1. The van der Waals surface area contributed by atoms with Gasteiger partial charge in [-0.05, 0) is 31.7 Å². The van der Waals surface area contributed by atoms with E-state index >= 15 is 0 Å². The molecule has 1 fully saturated rings. The van der Waals surface area contributed by atoms with Crippen LogP contribution in [0.1, 0.15) is 39.5 Å². The lowest BCUT2D eigenvalue weighted by Gasteiger charge is -2.40. The van der Waals surface area contributed by atoms with Crippen LogP contribution in [0.15, 0.2) is 0 Å². The first-order chi connectivity index (χ1) is 6.79. The van der Waals surface area contributed by atoms with Gasteiger partial charge in [0.15, 0.2) is 0 Å². The maximum absolute atomic E-state index is 5.16. The summed E-state index contributed by atoms with van der Waals surface area (Å²) in [6, 6.07) is 0.809. The number of piperidine rings is 1. The predicted molar refractivity (Wildman–Crippen MR) is 60.5 cm³/mol. The van der Waals surface area contributed by atoms with Gasteiger partial charge in [-0.15, -0.1) is 0 Å². The molecule has 0 aromatic heterocycles. The van der Waals surface area contributed by atoms with Gasteiger partial charge in [-0.1, -0.05) is 20.3 Å². The fraction of sp³-hybridized carbons (Fsp3) is 1.00. The molecular weight excluding hydrogens is 174 g/mol. The van der Waals surface area contributed by atoms with E-state index in [1.54, 1.807) is 7.11 Å². The van der Waals surface area contributed by atoms with E-state index in [-0.39, 0.29) is 0 Å². The van der Waals surface area contributed by atoms with Crippen molar-refractivity contribution in [1.82, 2.24) is 4.90 Å². The van der Waals surface area contributed by atoms with Gasteiger partial charge in [0.2, 0.25) is 0 Å². The number of likely N-dealkylation sites (tertiary alicyclic amines) is 1. The third kappa shape index (κ3) is 3.25. The molecule has 1 aliphatic rings. The largest absolute Gasteiger partial charge is 0.383 e. The minimum absolute atomic E-state index is 0.809. The average Bonchev–Trinajstić information content (AvgIpc) is 2.19. The fourth-order valence-corrected chi connectivity index (χ4v) is 2.58. The number of hydrogen-bond donors (Lipinski definition) is 0. The van der Waals surface area contributed by atoms with Crippen LogP contribution in [0.2, 0.25) is 0 Å². The van der Waals surface area contributed by atoms with E-state index in [0.717, 1.165) is 25.1 Å². The maximum atomic E-state index is 5.16. The molecule has 0 spiro atoms. The highest BCUT2D eigenvalue weighted by Crippen LogP contribution is 2.25. The molecule has 1 saturated heterocycles. The molecule has 2 atom stereocenters. The molecule has 2 nitrogen and oxygen atoms in total. The lowest BCUT2D eigenvalue weighted by Crippen LogP contribution is -2.45. The zero-order valence-corrected chi connectivity index (χ0v) is 9.96. The highest BCUT2D eigenvalue weighted by atomic mass is 16.5. The second kappa shape index (κ2) is 6.41. The molecule has 0 aromatic carbocycles. The van der Waals surface area contributed by atoms with E-state index < -0.39 is 0 Å². The van der Waals surface area contributed by atoms with Crippen LogP contribution in [0.3, 0.4) is 0 Å². The van der Waals surface area contributed by atoms with Crippen molar-refractivity contribution in [1.29, 1.82) is 0 Å². The van der Waals surface area contributed by atoms with Gasteiger partial charge in [-0.25, -0.2) is 0 Å². The van der Waals surface area contributed by atoms with Crippen molar-refractivity contribution in [2.24, 2.45) is 5.92 Å². The van der Waals surface area contributed by atoms with Crippen LogP contribution in [0.5, 0.6) is 0 Å². The normalized spacial score (nSPS) is 29.4. The van der Waals surface area contributed by atoms with E-state index in [1.165, 1.54) is 32.2 Å². The van der Waals surface area contributed by atoms with Crippen LogP contribution in [-0.2, 0) is 4.74 Å².